The molecule has 1 atom stereocenters. The highest BCUT2D eigenvalue weighted by molar-refractivity contribution is 9.10. The molecule has 86 valence electrons. The quantitative estimate of drug-likeness (QED) is 0.826. The Bertz CT molecular complexity index is 406. The molecule has 2 N–H and O–H groups in total. The van der Waals surface area contributed by atoms with Crippen molar-refractivity contribution in [2.24, 2.45) is 0 Å². The molecule has 1 saturated heterocycles. The predicted octanol–water partition coefficient (Wildman–Crippen LogP) is 1.91. The summed E-state index contributed by atoms with van der Waals surface area (Å²) in [6.45, 7) is 3.60. The van der Waals surface area contributed by atoms with E-state index in [-0.39, 0.29) is 11.9 Å². The first kappa shape index (κ1) is 11.6. The Balaban J connectivity index is 2.21. The average molecular weight is 283 g/mol. The van der Waals surface area contributed by atoms with Crippen LogP contribution in [0.1, 0.15) is 23.6 Å². The summed E-state index contributed by atoms with van der Waals surface area (Å²) in [5.41, 5.74) is 2.38. The second-order valence-electron chi connectivity index (χ2n) is 4.07. The lowest BCUT2D eigenvalue weighted by Gasteiger charge is -2.15. The van der Waals surface area contributed by atoms with Crippen LogP contribution >= 0.6 is 15.9 Å². The van der Waals surface area contributed by atoms with Gasteiger partial charge in [-0.1, -0.05) is 28.1 Å². The molecule has 1 amide bonds. The molecule has 1 heterocycles. The lowest BCUT2D eigenvalue weighted by atomic mass is 10.0. The smallest absolute Gasteiger partial charge is 0.221 e. The molecule has 16 heavy (non-hydrogen) atoms. The monoisotopic (exact) mass is 282 g/mol. The van der Waals surface area contributed by atoms with Crippen LogP contribution in [0.4, 0.5) is 0 Å². The van der Waals surface area contributed by atoms with E-state index in [4.69, 9.17) is 0 Å². The summed E-state index contributed by atoms with van der Waals surface area (Å²) in [6, 6.07) is 6.36. The van der Waals surface area contributed by atoms with Crippen molar-refractivity contribution in [2.45, 2.75) is 19.4 Å². The number of amides is 1. The Hall–Kier alpha value is -0.870. The molecule has 0 aliphatic carbocycles. The summed E-state index contributed by atoms with van der Waals surface area (Å²) in [5.74, 6) is 0.121. The van der Waals surface area contributed by atoms with E-state index in [1.807, 2.05) is 6.07 Å². The fourth-order valence-corrected chi connectivity index (χ4v) is 2.15. The van der Waals surface area contributed by atoms with Crippen LogP contribution in [0.25, 0.3) is 0 Å². The maximum absolute atomic E-state index is 11.5. The van der Waals surface area contributed by atoms with E-state index in [0.29, 0.717) is 13.0 Å². The lowest BCUT2D eigenvalue weighted by Crippen LogP contribution is -2.24. The van der Waals surface area contributed by atoms with Gasteiger partial charge in [-0.25, -0.2) is 0 Å². The zero-order valence-electron chi connectivity index (χ0n) is 9.22. The van der Waals surface area contributed by atoms with Gasteiger partial charge in [0.2, 0.25) is 5.91 Å². The number of aryl methyl sites for hydroxylation is 1. The molecule has 1 unspecified atom stereocenters. The van der Waals surface area contributed by atoms with Crippen LogP contribution in [0.3, 0.4) is 0 Å². The Morgan fingerprint density at radius 1 is 1.38 bits per heavy atom. The minimum absolute atomic E-state index is 0.121. The third-order valence-corrected chi connectivity index (χ3v) is 3.70. The van der Waals surface area contributed by atoms with E-state index in [2.05, 4.69) is 45.6 Å². The van der Waals surface area contributed by atoms with Gasteiger partial charge in [0.05, 0.1) is 0 Å². The number of hydrogen-bond acceptors (Lipinski definition) is 2. The van der Waals surface area contributed by atoms with Crippen LogP contribution in [0.15, 0.2) is 22.7 Å². The van der Waals surface area contributed by atoms with Gasteiger partial charge >= 0.3 is 0 Å². The van der Waals surface area contributed by atoms with Gasteiger partial charge in [0.25, 0.3) is 0 Å². The van der Waals surface area contributed by atoms with E-state index in [9.17, 15) is 4.79 Å². The van der Waals surface area contributed by atoms with Crippen LogP contribution in [-0.2, 0) is 4.79 Å². The lowest BCUT2D eigenvalue weighted by molar-refractivity contribution is -0.121. The maximum Gasteiger partial charge on any atom is 0.221 e. The van der Waals surface area contributed by atoms with Gasteiger partial charge in [-0.3, -0.25) is 4.79 Å². The molecule has 2 rings (SSSR count). The molecule has 1 aliphatic rings. The molecule has 4 heteroatoms. The molecule has 1 fully saturated rings. The predicted molar refractivity (Wildman–Crippen MR) is 67.2 cm³/mol. The van der Waals surface area contributed by atoms with Crippen molar-refractivity contribution in [1.29, 1.82) is 0 Å². The normalized spacial score (nSPS) is 21.4. The standard InChI is InChI=1S/C12H15BrN2O/c1-8-6-9(2-3-10(8)13)11-7-12(16)15-5-4-14-11/h2-3,6,11,14H,4-5,7H2,1H3,(H,15,16). The van der Waals surface area contributed by atoms with Crippen LogP contribution in [-0.4, -0.2) is 19.0 Å². The topological polar surface area (TPSA) is 41.1 Å². The van der Waals surface area contributed by atoms with Crippen molar-refractivity contribution in [3.63, 3.8) is 0 Å². The Morgan fingerprint density at radius 3 is 2.94 bits per heavy atom. The average Bonchev–Trinajstić information content (AvgIpc) is 2.47. The summed E-state index contributed by atoms with van der Waals surface area (Å²) in [5, 5.41) is 6.24. The Kier molecular flexibility index (Phi) is 3.61. The van der Waals surface area contributed by atoms with Crippen LogP contribution < -0.4 is 10.6 Å². The molecular weight excluding hydrogens is 268 g/mol. The molecule has 1 aromatic rings. The van der Waals surface area contributed by atoms with E-state index in [1.54, 1.807) is 0 Å². The van der Waals surface area contributed by atoms with Crippen molar-refractivity contribution < 1.29 is 4.79 Å². The minimum atomic E-state index is 0.121. The first-order valence-corrected chi connectivity index (χ1v) is 6.22. The van der Waals surface area contributed by atoms with Crippen LogP contribution in [0.5, 0.6) is 0 Å². The van der Waals surface area contributed by atoms with E-state index >= 15 is 0 Å². The highest BCUT2D eigenvalue weighted by Crippen LogP contribution is 2.23. The molecule has 0 saturated carbocycles. The highest BCUT2D eigenvalue weighted by Gasteiger charge is 2.18. The number of carbonyl (C=O) groups excluding carboxylic acids is 1. The summed E-state index contributed by atoms with van der Waals surface area (Å²) >= 11 is 3.48. The third-order valence-electron chi connectivity index (χ3n) is 2.81. The van der Waals surface area contributed by atoms with Gasteiger partial charge in [0.15, 0.2) is 0 Å². The first-order chi connectivity index (χ1) is 7.66. The fraction of sp³-hybridized carbons (Fsp3) is 0.417. The number of halogens is 1. The highest BCUT2D eigenvalue weighted by atomic mass is 79.9. The van der Waals surface area contributed by atoms with Gasteiger partial charge in [0.1, 0.15) is 0 Å². The van der Waals surface area contributed by atoms with Gasteiger partial charge < -0.3 is 10.6 Å². The summed E-state index contributed by atoms with van der Waals surface area (Å²) < 4.78 is 1.11. The third kappa shape index (κ3) is 2.62. The molecular formula is C12H15BrN2O. The van der Waals surface area contributed by atoms with Crippen molar-refractivity contribution in [3.8, 4) is 0 Å². The zero-order chi connectivity index (χ0) is 11.5. The van der Waals surface area contributed by atoms with Gasteiger partial charge in [-0.15, -0.1) is 0 Å². The largest absolute Gasteiger partial charge is 0.355 e. The van der Waals surface area contributed by atoms with E-state index in [0.717, 1.165) is 11.0 Å². The first-order valence-electron chi connectivity index (χ1n) is 5.43. The molecule has 3 nitrogen and oxygen atoms in total. The SMILES string of the molecule is Cc1cc(C2CC(=O)NCCN2)ccc1Br. The molecule has 1 aromatic carbocycles. The Labute approximate surface area is 104 Å². The number of benzene rings is 1. The minimum Gasteiger partial charge on any atom is -0.355 e. The van der Waals surface area contributed by atoms with E-state index in [1.165, 1.54) is 11.1 Å². The van der Waals surface area contributed by atoms with Crippen LogP contribution in [0.2, 0.25) is 0 Å². The molecule has 0 radical (unpaired) electrons. The number of rotatable bonds is 1. The van der Waals surface area contributed by atoms with Gasteiger partial charge in [-0.05, 0) is 24.1 Å². The summed E-state index contributed by atoms with van der Waals surface area (Å²) in [4.78, 5) is 11.5. The second kappa shape index (κ2) is 4.97. The number of carbonyl (C=O) groups is 1. The van der Waals surface area contributed by atoms with Crippen LogP contribution in [0, 0.1) is 6.92 Å². The van der Waals surface area contributed by atoms with Crippen molar-refractivity contribution >= 4 is 21.8 Å². The summed E-state index contributed by atoms with van der Waals surface area (Å²) in [6.07, 6.45) is 0.515. The number of nitrogens with one attached hydrogen (secondary N) is 2. The van der Waals surface area contributed by atoms with Gasteiger partial charge in [0, 0.05) is 30.0 Å². The molecule has 0 bridgehead atoms. The van der Waals surface area contributed by atoms with Crippen molar-refractivity contribution in [3.05, 3.63) is 33.8 Å². The Morgan fingerprint density at radius 2 is 2.19 bits per heavy atom. The van der Waals surface area contributed by atoms with Crippen molar-refractivity contribution in [2.75, 3.05) is 13.1 Å². The molecule has 1 aliphatic heterocycles. The second-order valence-corrected chi connectivity index (χ2v) is 4.92. The van der Waals surface area contributed by atoms with E-state index < -0.39 is 0 Å². The zero-order valence-corrected chi connectivity index (χ0v) is 10.8. The molecule has 0 spiro atoms. The van der Waals surface area contributed by atoms with Crippen molar-refractivity contribution in [1.82, 2.24) is 10.6 Å². The number of hydrogen-bond donors (Lipinski definition) is 2. The van der Waals surface area contributed by atoms with Gasteiger partial charge in [-0.2, -0.15) is 0 Å². The fourth-order valence-electron chi connectivity index (χ4n) is 1.90. The summed E-state index contributed by atoms with van der Waals surface area (Å²) in [7, 11) is 0. The molecule has 0 aromatic heterocycles. The maximum atomic E-state index is 11.5.